The average molecular weight is 223 g/mol. The second-order valence-corrected chi connectivity index (χ2v) is 3.57. The number of hydrogen-bond donors (Lipinski definition) is 1. The van der Waals surface area contributed by atoms with E-state index in [4.69, 9.17) is 9.15 Å². The van der Waals surface area contributed by atoms with Gasteiger partial charge in [-0.1, -0.05) is 0 Å². The summed E-state index contributed by atoms with van der Waals surface area (Å²) in [5.41, 5.74) is 1.68. The highest BCUT2D eigenvalue weighted by Crippen LogP contribution is 2.21. The molecule has 0 atom stereocenters. The summed E-state index contributed by atoms with van der Waals surface area (Å²) in [5.74, 6) is -0.243. The Balaban J connectivity index is 2.09. The molecule has 0 aliphatic heterocycles. The maximum absolute atomic E-state index is 13.1. The van der Waals surface area contributed by atoms with Gasteiger partial charge in [-0.3, -0.25) is 0 Å². The summed E-state index contributed by atoms with van der Waals surface area (Å²) < 4.78 is 23.3. The molecule has 0 spiro atoms. The van der Waals surface area contributed by atoms with Gasteiger partial charge in [0.05, 0.1) is 12.9 Å². The third kappa shape index (κ3) is 2.40. The first-order valence-corrected chi connectivity index (χ1v) is 5.16. The lowest BCUT2D eigenvalue weighted by Crippen LogP contribution is -2.18. The fourth-order valence-corrected chi connectivity index (χ4v) is 1.59. The highest BCUT2D eigenvalue weighted by Gasteiger charge is 2.06. The summed E-state index contributed by atoms with van der Waals surface area (Å²) >= 11 is 0. The van der Waals surface area contributed by atoms with Crippen LogP contribution in [0, 0.1) is 5.82 Å². The fourth-order valence-electron chi connectivity index (χ4n) is 1.59. The van der Waals surface area contributed by atoms with E-state index in [1.165, 1.54) is 12.1 Å². The summed E-state index contributed by atoms with van der Waals surface area (Å²) in [6, 6.07) is 4.53. The van der Waals surface area contributed by atoms with E-state index in [0.717, 1.165) is 17.5 Å². The van der Waals surface area contributed by atoms with Gasteiger partial charge in [0.2, 0.25) is 0 Å². The molecule has 0 amide bonds. The number of benzene rings is 1. The molecule has 0 unspecified atom stereocenters. The second kappa shape index (κ2) is 5.09. The summed E-state index contributed by atoms with van der Waals surface area (Å²) in [6.07, 6.45) is 1.66. The number of halogens is 1. The predicted octanol–water partition coefficient (Wildman–Crippen LogP) is 2.31. The van der Waals surface area contributed by atoms with Crippen molar-refractivity contribution in [3.8, 4) is 0 Å². The largest absolute Gasteiger partial charge is 0.464 e. The highest BCUT2D eigenvalue weighted by atomic mass is 19.1. The number of ether oxygens (including phenoxy) is 1. The molecule has 0 bridgehead atoms. The first-order valence-electron chi connectivity index (χ1n) is 5.16. The van der Waals surface area contributed by atoms with Crippen LogP contribution in [0.3, 0.4) is 0 Å². The van der Waals surface area contributed by atoms with Crippen molar-refractivity contribution in [2.24, 2.45) is 0 Å². The van der Waals surface area contributed by atoms with E-state index >= 15 is 0 Å². The van der Waals surface area contributed by atoms with E-state index in [2.05, 4.69) is 5.32 Å². The van der Waals surface area contributed by atoms with Gasteiger partial charge in [0.25, 0.3) is 0 Å². The van der Waals surface area contributed by atoms with Crippen molar-refractivity contribution in [3.63, 3.8) is 0 Å². The summed E-state index contributed by atoms with van der Waals surface area (Å²) in [7, 11) is 1.66. The molecule has 1 heterocycles. The number of hydrogen-bond acceptors (Lipinski definition) is 3. The van der Waals surface area contributed by atoms with Gasteiger partial charge in [0.1, 0.15) is 11.4 Å². The van der Waals surface area contributed by atoms with Crippen molar-refractivity contribution in [1.29, 1.82) is 0 Å². The minimum Gasteiger partial charge on any atom is -0.464 e. The van der Waals surface area contributed by atoms with Crippen molar-refractivity contribution >= 4 is 11.0 Å². The molecule has 16 heavy (non-hydrogen) atoms. The minimum atomic E-state index is -0.243. The van der Waals surface area contributed by atoms with Crippen LogP contribution in [0.4, 0.5) is 4.39 Å². The van der Waals surface area contributed by atoms with Gasteiger partial charge in [-0.15, -0.1) is 0 Å². The number of rotatable bonds is 5. The van der Waals surface area contributed by atoms with Gasteiger partial charge in [0.15, 0.2) is 0 Å². The molecule has 1 aromatic carbocycles. The number of methoxy groups -OCH3 is 1. The number of fused-ring (bicyclic) bond motifs is 1. The van der Waals surface area contributed by atoms with Crippen molar-refractivity contribution in [2.45, 2.75) is 6.54 Å². The Bertz CT molecular complexity index is 467. The third-order valence-corrected chi connectivity index (χ3v) is 2.41. The molecule has 3 nitrogen and oxygen atoms in total. The molecule has 2 rings (SSSR count). The van der Waals surface area contributed by atoms with E-state index < -0.39 is 0 Å². The van der Waals surface area contributed by atoms with Crippen molar-refractivity contribution in [2.75, 3.05) is 20.3 Å². The van der Waals surface area contributed by atoms with Crippen LogP contribution in [0.2, 0.25) is 0 Å². The van der Waals surface area contributed by atoms with Crippen LogP contribution in [0.5, 0.6) is 0 Å². The lowest BCUT2D eigenvalue weighted by Gasteiger charge is -2.01. The molecular weight excluding hydrogens is 209 g/mol. The smallest absolute Gasteiger partial charge is 0.134 e. The Morgan fingerprint density at radius 3 is 3.12 bits per heavy atom. The van der Waals surface area contributed by atoms with Gasteiger partial charge < -0.3 is 14.5 Å². The van der Waals surface area contributed by atoms with Crippen molar-refractivity contribution in [1.82, 2.24) is 5.32 Å². The van der Waals surface area contributed by atoms with Gasteiger partial charge in [-0.2, -0.15) is 0 Å². The monoisotopic (exact) mass is 223 g/mol. The first-order chi connectivity index (χ1) is 7.81. The molecule has 86 valence electrons. The van der Waals surface area contributed by atoms with Crippen LogP contribution < -0.4 is 5.32 Å². The van der Waals surface area contributed by atoms with Gasteiger partial charge in [-0.25, -0.2) is 4.39 Å². The Labute approximate surface area is 93.2 Å². The average Bonchev–Trinajstić information content (AvgIpc) is 2.67. The number of furan rings is 1. The van der Waals surface area contributed by atoms with Crippen molar-refractivity contribution < 1.29 is 13.5 Å². The molecule has 2 aromatic rings. The molecular formula is C12H14FNO2. The number of nitrogens with one attached hydrogen (secondary N) is 1. The van der Waals surface area contributed by atoms with E-state index in [9.17, 15) is 4.39 Å². The van der Waals surface area contributed by atoms with E-state index in [1.807, 2.05) is 0 Å². The van der Waals surface area contributed by atoms with Gasteiger partial charge in [0, 0.05) is 31.1 Å². The Hall–Kier alpha value is -1.39. The summed E-state index contributed by atoms with van der Waals surface area (Å²) in [4.78, 5) is 0. The molecule has 0 saturated heterocycles. The minimum absolute atomic E-state index is 0.243. The Morgan fingerprint density at radius 2 is 2.31 bits per heavy atom. The summed E-state index contributed by atoms with van der Waals surface area (Å²) in [5, 5.41) is 4.02. The topological polar surface area (TPSA) is 34.4 Å². The lowest BCUT2D eigenvalue weighted by molar-refractivity contribution is 0.199. The van der Waals surface area contributed by atoms with E-state index in [1.54, 1.807) is 19.4 Å². The zero-order valence-corrected chi connectivity index (χ0v) is 9.13. The van der Waals surface area contributed by atoms with Crippen LogP contribution in [0.25, 0.3) is 11.0 Å². The Kier molecular flexibility index (Phi) is 3.54. The van der Waals surface area contributed by atoms with Gasteiger partial charge in [-0.05, 0) is 18.2 Å². The van der Waals surface area contributed by atoms with Crippen LogP contribution >= 0.6 is 0 Å². The SMILES string of the molecule is COCCNCc1coc2ccc(F)cc12. The molecule has 4 heteroatoms. The molecule has 0 saturated carbocycles. The standard InChI is InChI=1S/C12H14FNO2/c1-15-5-4-14-7-9-8-16-12-3-2-10(13)6-11(9)12/h2-3,6,8,14H,4-5,7H2,1H3. The van der Waals surface area contributed by atoms with Crippen LogP contribution in [0.15, 0.2) is 28.9 Å². The highest BCUT2D eigenvalue weighted by molar-refractivity contribution is 5.80. The molecule has 0 aliphatic carbocycles. The third-order valence-electron chi connectivity index (χ3n) is 2.41. The normalized spacial score (nSPS) is 11.1. The van der Waals surface area contributed by atoms with Gasteiger partial charge >= 0.3 is 0 Å². The molecule has 0 fully saturated rings. The van der Waals surface area contributed by atoms with E-state index in [-0.39, 0.29) is 5.82 Å². The predicted molar refractivity (Wildman–Crippen MR) is 59.8 cm³/mol. The maximum atomic E-state index is 13.1. The van der Waals surface area contributed by atoms with Crippen LogP contribution in [-0.4, -0.2) is 20.3 Å². The quantitative estimate of drug-likeness (QED) is 0.790. The summed E-state index contributed by atoms with van der Waals surface area (Å²) in [6.45, 7) is 2.07. The zero-order valence-electron chi connectivity index (χ0n) is 9.13. The first kappa shape index (κ1) is 11.1. The van der Waals surface area contributed by atoms with Crippen LogP contribution in [0.1, 0.15) is 5.56 Å². The Morgan fingerprint density at radius 1 is 1.44 bits per heavy atom. The lowest BCUT2D eigenvalue weighted by atomic mass is 10.2. The molecule has 1 aromatic heterocycles. The van der Waals surface area contributed by atoms with Crippen LogP contribution in [-0.2, 0) is 11.3 Å². The zero-order chi connectivity index (χ0) is 11.4. The molecule has 0 aliphatic rings. The maximum Gasteiger partial charge on any atom is 0.134 e. The fraction of sp³-hybridized carbons (Fsp3) is 0.333. The molecule has 0 radical (unpaired) electrons. The molecule has 1 N–H and O–H groups in total. The van der Waals surface area contributed by atoms with Crippen molar-refractivity contribution in [3.05, 3.63) is 35.8 Å². The van der Waals surface area contributed by atoms with E-state index in [0.29, 0.717) is 18.7 Å². The second-order valence-electron chi connectivity index (χ2n) is 3.57.